The number of nitrogens with one attached hydrogen (secondary N) is 2. The molecule has 0 unspecified atom stereocenters. The van der Waals surface area contributed by atoms with Crippen LogP contribution in [0.2, 0.25) is 0 Å². The van der Waals surface area contributed by atoms with Crippen LogP contribution >= 0.6 is 11.3 Å². The summed E-state index contributed by atoms with van der Waals surface area (Å²) in [6, 6.07) is 7.37. The number of fused-ring (bicyclic) bond motifs is 3. The first kappa shape index (κ1) is 17.7. The molecule has 1 aliphatic heterocycles. The van der Waals surface area contributed by atoms with Crippen LogP contribution in [0, 0.1) is 31.6 Å². The SMILES string of the molecule is Cc1nc(NC(=O)[C@H]2C[C@H]3CC[C@H]2C[C@]32NC(=O)c3ccccc3O2)sc1C. The smallest absolute Gasteiger partial charge is 0.258 e. The third-order valence-corrected chi connectivity index (χ3v) is 7.55. The second-order valence-electron chi connectivity index (χ2n) is 8.17. The van der Waals surface area contributed by atoms with Gasteiger partial charge in [0.1, 0.15) is 5.75 Å². The van der Waals surface area contributed by atoms with E-state index in [2.05, 4.69) is 15.6 Å². The van der Waals surface area contributed by atoms with Gasteiger partial charge in [0.2, 0.25) is 5.91 Å². The predicted molar refractivity (Wildman–Crippen MR) is 106 cm³/mol. The van der Waals surface area contributed by atoms with Crippen LogP contribution in [0.5, 0.6) is 5.75 Å². The molecular weight excluding hydrogens is 374 g/mol. The van der Waals surface area contributed by atoms with E-state index in [1.165, 1.54) is 11.3 Å². The highest BCUT2D eigenvalue weighted by Gasteiger charge is 2.57. The fraction of sp³-hybridized carbons (Fsp3) is 0.476. The maximum Gasteiger partial charge on any atom is 0.258 e. The zero-order valence-electron chi connectivity index (χ0n) is 16.0. The molecule has 28 heavy (non-hydrogen) atoms. The maximum atomic E-state index is 12.9. The number of aromatic nitrogens is 1. The van der Waals surface area contributed by atoms with Gasteiger partial charge in [-0.25, -0.2) is 4.98 Å². The summed E-state index contributed by atoms with van der Waals surface area (Å²) in [5.74, 6) is 0.869. The van der Waals surface area contributed by atoms with E-state index in [-0.39, 0.29) is 29.6 Å². The summed E-state index contributed by atoms with van der Waals surface area (Å²) in [6.45, 7) is 3.96. The number of amides is 2. The molecule has 146 valence electrons. The van der Waals surface area contributed by atoms with Crippen molar-refractivity contribution in [2.75, 3.05) is 5.32 Å². The van der Waals surface area contributed by atoms with E-state index in [4.69, 9.17) is 4.74 Å². The Morgan fingerprint density at radius 3 is 2.86 bits per heavy atom. The van der Waals surface area contributed by atoms with Gasteiger partial charge in [0.25, 0.3) is 5.91 Å². The van der Waals surface area contributed by atoms with E-state index in [0.29, 0.717) is 22.9 Å². The number of carbonyl (C=O) groups excluding carboxylic acids is 2. The number of hydrogen-bond donors (Lipinski definition) is 2. The number of nitrogens with zero attached hydrogens (tertiary/aromatic N) is 1. The lowest BCUT2D eigenvalue weighted by Gasteiger charge is -2.55. The molecule has 4 aliphatic rings. The Morgan fingerprint density at radius 1 is 1.32 bits per heavy atom. The lowest BCUT2D eigenvalue weighted by molar-refractivity contribution is -0.142. The summed E-state index contributed by atoms with van der Waals surface area (Å²) >= 11 is 1.52. The Kier molecular flexibility index (Phi) is 3.98. The van der Waals surface area contributed by atoms with Crippen molar-refractivity contribution in [3.63, 3.8) is 0 Å². The molecule has 2 N–H and O–H groups in total. The fourth-order valence-electron chi connectivity index (χ4n) is 5.01. The lowest BCUT2D eigenvalue weighted by Crippen LogP contribution is -2.66. The third-order valence-electron chi connectivity index (χ3n) is 6.56. The number of hydrogen-bond acceptors (Lipinski definition) is 5. The van der Waals surface area contributed by atoms with Crippen molar-refractivity contribution < 1.29 is 14.3 Å². The van der Waals surface area contributed by atoms with Gasteiger partial charge in [-0.15, -0.1) is 11.3 Å². The molecule has 6 nitrogen and oxygen atoms in total. The molecule has 4 atom stereocenters. The van der Waals surface area contributed by atoms with Gasteiger partial charge in [-0.3, -0.25) is 9.59 Å². The lowest BCUT2D eigenvalue weighted by atomic mass is 9.60. The number of aryl methyl sites for hydroxylation is 2. The molecule has 0 radical (unpaired) electrons. The normalized spacial score (nSPS) is 30.5. The average Bonchev–Trinajstić information content (AvgIpc) is 2.99. The minimum atomic E-state index is -0.681. The van der Waals surface area contributed by atoms with Crippen molar-refractivity contribution in [1.29, 1.82) is 0 Å². The van der Waals surface area contributed by atoms with Gasteiger partial charge >= 0.3 is 0 Å². The number of ether oxygens (including phenoxy) is 1. The summed E-state index contributed by atoms with van der Waals surface area (Å²) in [5, 5.41) is 6.82. The van der Waals surface area contributed by atoms with Crippen molar-refractivity contribution in [3.8, 4) is 5.75 Å². The van der Waals surface area contributed by atoms with Crippen molar-refractivity contribution in [2.45, 2.75) is 45.3 Å². The summed E-state index contributed by atoms with van der Waals surface area (Å²) in [5.41, 5.74) is 0.860. The number of anilines is 1. The Labute approximate surface area is 167 Å². The number of thiazole rings is 1. The highest BCUT2D eigenvalue weighted by Crippen LogP contribution is 2.52. The standard InChI is InChI=1S/C21H23N3O3S/c1-11-12(2)28-20(22-11)23-18(25)16-9-14-8-7-13(16)10-21(14)24-19(26)15-5-3-4-6-17(15)27-21/h3-6,13-14,16H,7-10H2,1-2H3,(H,24,26)(H,22,23,25)/t13-,14+,16-,21+/m0/s1. The van der Waals surface area contributed by atoms with E-state index in [0.717, 1.165) is 29.8 Å². The van der Waals surface area contributed by atoms with Gasteiger partial charge in [0.15, 0.2) is 10.9 Å². The zero-order valence-corrected chi connectivity index (χ0v) is 16.8. The van der Waals surface area contributed by atoms with Crippen LogP contribution < -0.4 is 15.4 Å². The topological polar surface area (TPSA) is 80.3 Å². The zero-order chi connectivity index (χ0) is 19.5. The van der Waals surface area contributed by atoms with Crippen molar-refractivity contribution in [3.05, 3.63) is 40.4 Å². The molecular formula is C21H23N3O3S. The highest BCUT2D eigenvalue weighted by molar-refractivity contribution is 7.15. The van der Waals surface area contributed by atoms with Gasteiger partial charge in [-0.2, -0.15) is 0 Å². The minimum Gasteiger partial charge on any atom is -0.467 e. The third kappa shape index (κ3) is 2.71. The van der Waals surface area contributed by atoms with Crippen LogP contribution in [-0.2, 0) is 4.79 Å². The second kappa shape index (κ2) is 6.30. The molecule has 1 aromatic carbocycles. The van der Waals surface area contributed by atoms with Crippen LogP contribution in [0.15, 0.2) is 24.3 Å². The molecule has 3 saturated carbocycles. The van der Waals surface area contributed by atoms with E-state index < -0.39 is 5.72 Å². The first-order valence-corrected chi connectivity index (χ1v) is 10.6. The number of rotatable bonds is 2. The fourth-order valence-corrected chi connectivity index (χ4v) is 5.82. The van der Waals surface area contributed by atoms with E-state index in [1.807, 2.05) is 32.0 Å². The van der Waals surface area contributed by atoms with Crippen molar-refractivity contribution in [2.24, 2.45) is 17.8 Å². The van der Waals surface area contributed by atoms with Gasteiger partial charge in [0.05, 0.1) is 11.3 Å². The largest absolute Gasteiger partial charge is 0.467 e. The monoisotopic (exact) mass is 397 g/mol. The summed E-state index contributed by atoms with van der Waals surface area (Å²) in [7, 11) is 0. The maximum absolute atomic E-state index is 12.9. The molecule has 7 heteroatoms. The molecule has 2 aromatic rings. The Bertz CT molecular complexity index is 952. The molecule has 0 saturated heterocycles. The molecule has 2 amide bonds. The Hall–Kier alpha value is -2.41. The average molecular weight is 398 g/mol. The van der Waals surface area contributed by atoms with E-state index in [1.54, 1.807) is 6.07 Å². The predicted octanol–water partition coefficient (Wildman–Crippen LogP) is 3.65. The second-order valence-corrected chi connectivity index (χ2v) is 9.38. The van der Waals surface area contributed by atoms with Gasteiger partial charge in [-0.1, -0.05) is 12.1 Å². The Morgan fingerprint density at radius 2 is 2.14 bits per heavy atom. The summed E-state index contributed by atoms with van der Waals surface area (Å²) in [4.78, 5) is 31.1. The molecule has 6 rings (SSSR count). The molecule has 2 heterocycles. The molecule has 3 aliphatic carbocycles. The summed E-state index contributed by atoms with van der Waals surface area (Å²) in [6.07, 6.45) is 3.35. The molecule has 2 bridgehead atoms. The van der Waals surface area contributed by atoms with Gasteiger partial charge < -0.3 is 15.4 Å². The van der Waals surface area contributed by atoms with Crippen LogP contribution in [0.1, 0.15) is 46.6 Å². The first-order valence-electron chi connectivity index (χ1n) is 9.80. The number of benzene rings is 1. The van der Waals surface area contributed by atoms with Crippen molar-refractivity contribution in [1.82, 2.24) is 10.3 Å². The van der Waals surface area contributed by atoms with Crippen molar-refractivity contribution >= 4 is 28.3 Å². The molecule has 1 aromatic heterocycles. The number of para-hydroxylation sites is 1. The van der Waals surface area contributed by atoms with E-state index >= 15 is 0 Å². The molecule has 3 fully saturated rings. The van der Waals surface area contributed by atoms with Gasteiger partial charge in [0, 0.05) is 23.1 Å². The minimum absolute atomic E-state index is 0.0424. The number of carbonyl (C=O) groups is 2. The summed E-state index contributed by atoms with van der Waals surface area (Å²) < 4.78 is 6.36. The Balaban J connectivity index is 1.35. The molecule has 1 spiro atoms. The quantitative estimate of drug-likeness (QED) is 0.811. The van der Waals surface area contributed by atoms with Crippen LogP contribution in [0.3, 0.4) is 0 Å². The van der Waals surface area contributed by atoms with Crippen LogP contribution in [-0.4, -0.2) is 22.5 Å². The van der Waals surface area contributed by atoms with Crippen LogP contribution in [0.25, 0.3) is 0 Å². The van der Waals surface area contributed by atoms with Crippen LogP contribution in [0.4, 0.5) is 5.13 Å². The van der Waals surface area contributed by atoms with Gasteiger partial charge in [-0.05, 0) is 51.2 Å². The van der Waals surface area contributed by atoms with E-state index in [9.17, 15) is 9.59 Å². The first-order chi connectivity index (χ1) is 13.4. The highest BCUT2D eigenvalue weighted by atomic mass is 32.1.